The summed E-state index contributed by atoms with van der Waals surface area (Å²) >= 11 is 0. The van der Waals surface area contributed by atoms with Crippen LogP contribution in [-0.4, -0.2) is 85.4 Å². The van der Waals surface area contributed by atoms with Gasteiger partial charge in [-0.25, -0.2) is 9.59 Å². The number of carbonyl (C=O) groups is 4. The summed E-state index contributed by atoms with van der Waals surface area (Å²) in [7, 11) is 0. The molecule has 3 amide bonds. The number of rotatable bonds is 5. The number of amides is 3. The minimum Gasteiger partial charge on any atom is -0.464 e. The number of benzene rings is 1. The predicted molar refractivity (Wildman–Crippen MR) is 163 cm³/mol. The normalized spacial score (nSPS) is 27.3. The van der Waals surface area contributed by atoms with Crippen LogP contribution in [0.15, 0.2) is 42.5 Å². The van der Waals surface area contributed by atoms with E-state index in [1.807, 2.05) is 42.5 Å². The van der Waals surface area contributed by atoms with Crippen LogP contribution in [0.2, 0.25) is 0 Å². The van der Waals surface area contributed by atoms with E-state index in [2.05, 4.69) is 26.0 Å². The van der Waals surface area contributed by atoms with Crippen LogP contribution in [0.25, 0.3) is 11.4 Å². The van der Waals surface area contributed by atoms with Crippen molar-refractivity contribution in [3.8, 4) is 11.4 Å². The van der Waals surface area contributed by atoms with Crippen LogP contribution in [0.4, 0.5) is 4.79 Å². The molecule has 5 rings (SSSR count). The number of hydrogen-bond donors (Lipinski definition) is 2. The third-order valence-corrected chi connectivity index (χ3v) is 8.37. The van der Waals surface area contributed by atoms with Crippen molar-refractivity contribution in [2.24, 2.45) is 5.92 Å². The van der Waals surface area contributed by atoms with Crippen LogP contribution >= 0.6 is 0 Å². The molecular formula is C32H43N7O6. The Morgan fingerprint density at radius 3 is 2.64 bits per heavy atom. The minimum atomic E-state index is -1.18. The molecule has 3 aliphatic rings. The van der Waals surface area contributed by atoms with Gasteiger partial charge in [0.25, 0.3) is 0 Å². The third-order valence-electron chi connectivity index (χ3n) is 8.37. The zero-order valence-electron chi connectivity index (χ0n) is 26.4. The molecule has 2 aromatic rings. The summed E-state index contributed by atoms with van der Waals surface area (Å²) in [4.78, 5) is 57.1. The van der Waals surface area contributed by atoms with Gasteiger partial charge in [0, 0.05) is 24.4 Å². The lowest BCUT2D eigenvalue weighted by Crippen LogP contribution is -2.56. The first-order valence-electron chi connectivity index (χ1n) is 15.8. The summed E-state index contributed by atoms with van der Waals surface area (Å²) in [5, 5.41) is 18.8. The molecule has 1 saturated heterocycles. The van der Waals surface area contributed by atoms with Crippen LogP contribution in [0.3, 0.4) is 0 Å². The molecular weight excluding hydrogens is 578 g/mol. The second kappa shape index (κ2) is 13.4. The van der Waals surface area contributed by atoms with E-state index in [0.29, 0.717) is 25.1 Å². The van der Waals surface area contributed by atoms with Crippen LogP contribution < -0.4 is 10.6 Å². The molecule has 2 fully saturated rings. The van der Waals surface area contributed by atoms with Crippen molar-refractivity contribution in [2.45, 2.75) is 102 Å². The summed E-state index contributed by atoms with van der Waals surface area (Å²) in [6.07, 6.45) is 7.53. The van der Waals surface area contributed by atoms with Crippen molar-refractivity contribution >= 4 is 23.9 Å². The molecule has 0 bridgehead atoms. The van der Waals surface area contributed by atoms with Gasteiger partial charge in [-0.2, -0.15) is 4.80 Å². The number of esters is 1. The molecule has 242 valence electrons. The lowest BCUT2D eigenvalue weighted by atomic mass is 10.0. The SMILES string of the molecule is CCOC(=O)[C@@]12C[C@H]1C=CCCCCC[C@H](NC(=O)OC(C)(C)C)C(=O)N1C[C@H](n3nnc(-c4ccccc4)n3)C[C@H]1C(=O)N2. The summed E-state index contributed by atoms with van der Waals surface area (Å²) in [6.45, 7) is 7.28. The number of ether oxygens (including phenoxy) is 2. The third kappa shape index (κ3) is 7.51. The van der Waals surface area contributed by atoms with Crippen LogP contribution in [0, 0.1) is 5.92 Å². The van der Waals surface area contributed by atoms with Gasteiger partial charge in [-0.05, 0) is 58.6 Å². The Morgan fingerprint density at radius 1 is 1.13 bits per heavy atom. The molecule has 0 spiro atoms. The largest absolute Gasteiger partial charge is 0.464 e. The van der Waals surface area contributed by atoms with E-state index in [-0.39, 0.29) is 25.5 Å². The summed E-state index contributed by atoms with van der Waals surface area (Å²) in [5.74, 6) is -1.13. The van der Waals surface area contributed by atoms with Gasteiger partial charge >= 0.3 is 12.1 Å². The second-order valence-electron chi connectivity index (χ2n) is 13.0. The maximum Gasteiger partial charge on any atom is 0.408 e. The number of aromatic nitrogens is 4. The summed E-state index contributed by atoms with van der Waals surface area (Å²) in [5.41, 5.74) is -1.15. The van der Waals surface area contributed by atoms with Crippen molar-refractivity contribution in [1.29, 1.82) is 0 Å². The highest BCUT2D eigenvalue weighted by Gasteiger charge is 2.62. The number of fused-ring (bicyclic) bond motifs is 2. The van der Waals surface area contributed by atoms with Gasteiger partial charge in [-0.3, -0.25) is 9.59 Å². The van der Waals surface area contributed by atoms with Crippen LogP contribution in [0.5, 0.6) is 0 Å². The van der Waals surface area contributed by atoms with Crippen molar-refractivity contribution in [1.82, 2.24) is 35.7 Å². The molecule has 0 radical (unpaired) electrons. The number of nitrogens with one attached hydrogen (secondary N) is 2. The molecule has 2 aliphatic heterocycles. The highest BCUT2D eigenvalue weighted by molar-refractivity contribution is 5.96. The van der Waals surface area contributed by atoms with Gasteiger partial charge in [0.05, 0.1) is 12.6 Å². The fourth-order valence-corrected chi connectivity index (χ4v) is 6.02. The Morgan fingerprint density at radius 2 is 1.91 bits per heavy atom. The quantitative estimate of drug-likeness (QED) is 0.377. The van der Waals surface area contributed by atoms with E-state index < -0.39 is 53.1 Å². The number of carbonyl (C=O) groups excluding carboxylic acids is 4. The average Bonchev–Trinajstić information content (AvgIpc) is 3.31. The van der Waals surface area contributed by atoms with E-state index in [1.165, 1.54) is 9.70 Å². The standard InChI is InChI=1S/C32H43N7O6/c1-5-44-29(42)32-19-22(32)16-12-7-6-8-13-17-24(33-30(43)45-31(2,3)4)28(41)38-20-23(18-25(38)27(40)34-32)39-36-26(35-37-39)21-14-10-9-11-15-21/h9-12,14-16,22-25H,5-8,13,17-20H2,1-4H3,(H,33,43)(H,34,40)/t22-,23-,24+,25+,32-/m1/s1. The molecule has 0 unspecified atom stereocenters. The Hall–Kier alpha value is -4.29. The second-order valence-corrected chi connectivity index (χ2v) is 13.0. The zero-order valence-corrected chi connectivity index (χ0v) is 26.4. The Bertz CT molecular complexity index is 1420. The topological polar surface area (TPSA) is 158 Å². The maximum absolute atomic E-state index is 14.2. The first-order chi connectivity index (χ1) is 21.5. The van der Waals surface area contributed by atoms with Gasteiger partial charge in [0.1, 0.15) is 23.2 Å². The molecule has 13 heteroatoms. The molecule has 1 aromatic carbocycles. The van der Waals surface area contributed by atoms with Gasteiger partial charge < -0.3 is 25.0 Å². The van der Waals surface area contributed by atoms with Gasteiger partial charge in [-0.15, -0.1) is 10.2 Å². The summed E-state index contributed by atoms with van der Waals surface area (Å²) < 4.78 is 10.8. The highest BCUT2D eigenvalue weighted by Crippen LogP contribution is 2.46. The molecule has 5 atom stereocenters. The molecule has 1 saturated carbocycles. The number of tetrazole rings is 1. The van der Waals surface area contributed by atoms with Crippen molar-refractivity contribution in [3.63, 3.8) is 0 Å². The Balaban J connectivity index is 1.45. The van der Waals surface area contributed by atoms with E-state index >= 15 is 0 Å². The van der Waals surface area contributed by atoms with E-state index in [9.17, 15) is 19.2 Å². The van der Waals surface area contributed by atoms with Crippen LogP contribution in [0.1, 0.15) is 78.7 Å². The highest BCUT2D eigenvalue weighted by atomic mass is 16.6. The smallest absolute Gasteiger partial charge is 0.408 e. The molecule has 3 heterocycles. The maximum atomic E-state index is 14.2. The van der Waals surface area contributed by atoms with Crippen LogP contribution in [-0.2, 0) is 23.9 Å². The van der Waals surface area contributed by atoms with Gasteiger partial charge in [0.15, 0.2) is 0 Å². The van der Waals surface area contributed by atoms with Crippen molar-refractivity contribution in [2.75, 3.05) is 13.2 Å². The fraction of sp³-hybridized carbons (Fsp3) is 0.594. The van der Waals surface area contributed by atoms with Gasteiger partial charge in [-0.1, -0.05) is 55.3 Å². The zero-order chi connectivity index (χ0) is 32.2. The monoisotopic (exact) mass is 621 g/mol. The lowest BCUT2D eigenvalue weighted by Gasteiger charge is -2.30. The average molecular weight is 622 g/mol. The van der Waals surface area contributed by atoms with E-state index in [4.69, 9.17) is 9.47 Å². The molecule has 2 N–H and O–H groups in total. The van der Waals surface area contributed by atoms with Crippen molar-refractivity contribution in [3.05, 3.63) is 42.5 Å². The molecule has 1 aromatic heterocycles. The lowest BCUT2D eigenvalue weighted by molar-refractivity contribution is -0.150. The molecule has 45 heavy (non-hydrogen) atoms. The number of nitrogens with zero attached hydrogens (tertiary/aromatic N) is 5. The number of allylic oxidation sites excluding steroid dienone is 1. The fourth-order valence-electron chi connectivity index (χ4n) is 6.02. The predicted octanol–water partition coefficient (Wildman–Crippen LogP) is 3.33. The minimum absolute atomic E-state index is 0.115. The Labute approximate surface area is 263 Å². The Kier molecular flexibility index (Phi) is 9.54. The first kappa shape index (κ1) is 32.1. The van der Waals surface area contributed by atoms with Gasteiger partial charge in [0.2, 0.25) is 17.6 Å². The van der Waals surface area contributed by atoms with E-state index in [0.717, 1.165) is 24.8 Å². The summed E-state index contributed by atoms with van der Waals surface area (Å²) in [6, 6.07) is 7.07. The van der Waals surface area contributed by atoms with E-state index in [1.54, 1.807) is 27.7 Å². The van der Waals surface area contributed by atoms with Crippen molar-refractivity contribution < 1.29 is 28.7 Å². The number of hydrogen-bond acceptors (Lipinski definition) is 9. The number of alkyl carbamates (subject to hydrolysis) is 1. The first-order valence-corrected chi connectivity index (χ1v) is 15.8. The molecule has 13 nitrogen and oxygen atoms in total. The molecule has 1 aliphatic carbocycles.